The Balaban J connectivity index is 1.79. The number of benzene rings is 1. The second-order valence-electron chi connectivity index (χ2n) is 5.59. The summed E-state index contributed by atoms with van der Waals surface area (Å²) in [5.74, 6) is 1.45. The van der Waals surface area contributed by atoms with E-state index in [4.69, 9.17) is 23.2 Å². The van der Waals surface area contributed by atoms with E-state index in [0.717, 1.165) is 11.4 Å². The summed E-state index contributed by atoms with van der Waals surface area (Å²) in [7, 11) is 0. The van der Waals surface area contributed by atoms with Gasteiger partial charge in [0.15, 0.2) is 0 Å². The first-order chi connectivity index (χ1) is 10.5. The smallest absolute Gasteiger partial charge is 0.134 e. The molecule has 0 bridgehead atoms. The molecule has 0 unspecified atom stereocenters. The van der Waals surface area contributed by atoms with E-state index >= 15 is 0 Å². The molecule has 0 amide bonds. The fourth-order valence-corrected chi connectivity index (χ4v) is 3.42. The molecule has 4 nitrogen and oxygen atoms in total. The first-order valence-electron chi connectivity index (χ1n) is 7.21. The van der Waals surface area contributed by atoms with Crippen LogP contribution in [0, 0.1) is 6.92 Å². The zero-order valence-corrected chi connectivity index (χ0v) is 13.8. The van der Waals surface area contributed by atoms with Gasteiger partial charge in [0.1, 0.15) is 16.8 Å². The van der Waals surface area contributed by atoms with Crippen molar-refractivity contribution in [2.24, 2.45) is 0 Å². The maximum atomic E-state index is 10.9. The molecule has 0 spiro atoms. The molecule has 116 valence electrons. The molecule has 1 N–H and O–H groups in total. The summed E-state index contributed by atoms with van der Waals surface area (Å²) in [4.78, 5) is 10.6. The van der Waals surface area contributed by atoms with Crippen molar-refractivity contribution >= 4 is 29.0 Å². The molecular formula is C16H17Cl2N3O. The maximum Gasteiger partial charge on any atom is 0.134 e. The van der Waals surface area contributed by atoms with Gasteiger partial charge in [0.2, 0.25) is 0 Å². The van der Waals surface area contributed by atoms with E-state index in [1.54, 1.807) is 6.07 Å². The molecule has 1 aromatic carbocycles. The van der Waals surface area contributed by atoms with Gasteiger partial charge in [-0.05, 0) is 25.8 Å². The molecule has 6 heteroatoms. The average Bonchev–Trinajstić information content (AvgIpc) is 2.47. The number of nitrogens with zero attached hydrogens (tertiary/aromatic N) is 3. The Bertz CT molecular complexity index is 665. The third kappa shape index (κ3) is 3.05. The number of halogens is 2. The van der Waals surface area contributed by atoms with Gasteiger partial charge in [-0.3, -0.25) is 0 Å². The highest BCUT2D eigenvalue weighted by Crippen LogP contribution is 2.37. The van der Waals surface area contributed by atoms with Crippen LogP contribution < -0.4 is 4.90 Å². The van der Waals surface area contributed by atoms with E-state index in [1.807, 2.05) is 31.2 Å². The topological polar surface area (TPSA) is 49.2 Å². The second-order valence-corrected chi connectivity index (χ2v) is 6.39. The number of rotatable bonds is 2. The predicted molar refractivity (Wildman–Crippen MR) is 88.6 cm³/mol. The van der Waals surface area contributed by atoms with Crippen LogP contribution in [0.2, 0.25) is 10.2 Å². The average molecular weight is 338 g/mol. The van der Waals surface area contributed by atoms with Crippen molar-refractivity contribution in [2.75, 3.05) is 18.0 Å². The SMILES string of the molecule is Cc1nc(Cl)cc(N2CCC(O)(c3ccccc3Cl)CC2)n1. The molecule has 0 radical (unpaired) electrons. The van der Waals surface area contributed by atoms with Gasteiger partial charge in [-0.25, -0.2) is 9.97 Å². The molecule has 0 atom stereocenters. The van der Waals surface area contributed by atoms with E-state index in [-0.39, 0.29) is 0 Å². The summed E-state index contributed by atoms with van der Waals surface area (Å²) in [5.41, 5.74) is -0.0889. The summed E-state index contributed by atoms with van der Waals surface area (Å²) >= 11 is 12.2. The molecule has 0 saturated carbocycles. The maximum absolute atomic E-state index is 10.9. The number of hydrogen-bond donors (Lipinski definition) is 1. The lowest BCUT2D eigenvalue weighted by Crippen LogP contribution is -2.43. The largest absolute Gasteiger partial charge is 0.385 e. The van der Waals surface area contributed by atoms with Crippen LogP contribution in [0.15, 0.2) is 30.3 Å². The summed E-state index contributed by atoms with van der Waals surface area (Å²) in [6.07, 6.45) is 1.19. The van der Waals surface area contributed by atoms with Crippen LogP contribution in [0.25, 0.3) is 0 Å². The Morgan fingerprint density at radius 1 is 1.14 bits per heavy atom. The van der Waals surface area contributed by atoms with Crippen molar-refractivity contribution < 1.29 is 5.11 Å². The Kier molecular flexibility index (Phi) is 4.26. The Hall–Kier alpha value is -1.36. The minimum Gasteiger partial charge on any atom is -0.385 e. The Morgan fingerprint density at radius 3 is 2.45 bits per heavy atom. The number of aromatic nitrogens is 2. The number of hydrogen-bond acceptors (Lipinski definition) is 4. The lowest BCUT2D eigenvalue weighted by Gasteiger charge is -2.39. The third-order valence-corrected chi connectivity index (χ3v) is 4.61. The van der Waals surface area contributed by atoms with Crippen LogP contribution in [0.1, 0.15) is 24.2 Å². The summed E-state index contributed by atoms with van der Waals surface area (Å²) in [6.45, 7) is 3.20. The van der Waals surface area contributed by atoms with E-state index < -0.39 is 5.60 Å². The Morgan fingerprint density at radius 2 is 1.82 bits per heavy atom. The van der Waals surface area contributed by atoms with E-state index in [2.05, 4.69) is 14.9 Å². The molecule has 2 heterocycles. The highest BCUT2D eigenvalue weighted by atomic mass is 35.5. The lowest BCUT2D eigenvalue weighted by atomic mass is 9.84. The summed E-state index contributed by atoms with van der Waals surface area (Å²) in [5, 5.41) is 12.0. The molecule has 1 aliphatic rings. The second kappa shape index (κ2) is 6.03. The highest BCUT2D eigenvalue weighted by Gasteiger charge is 2.35. The number of aliphatic hydroxyl groups is 1. The van der Waals surface area contributed by atoms with E-state index in [9.17, 15) is 5.11 Å². The zero-order valence-electron chi connectivity index (χ0n) is 12.3. The van der Waals surface area contributed by atoms with Crippen molar-refractivity contribution in [1.29, 1.82) is 0 Å². The monoisotopic (exact) mass is 337 g/mol. The molecule has 22 heavy (non-hydrogen) atoms. The van der Waals surface area contributed by atoms with Crippen LogP contribution in [0.4, 0.5) is 5.82 Å². The normalized spacial score (nSPS) is 17.5. The standard InChI is InChI=1S/C16H17Cl2N3O/c1-11-19-14(18)10-15(20-11)21-8-6-16(22,7-9-21)12-4-2-3-5-13(12)17/h2-5,10,22H,6-9H2,1H3. The first-order valence-corrected chi connectivity index (χ1v) is 7.97. The Labute approximate surface area is 139 Å². The lowest BCUT2D eigenvalue weighted by molar-refractivity contribution is 0.0117. The van der Waals surface area contributed by atoms with Gasteiger partial charge < -0.3 is 10.0 Å². The van der Waals surface area contributed by atoms with Crippen LogP contribution in [0.3, 0.4) is 0 Å². The molecule has 3 rings (SSSR count). The quantitative estimate of drug-likeness (QED) is 0.851. The molecule has 2 aromatic rings. The fraction of sp³-hybridized carbons (Fsp3) is 0.375. The molecule has 1 saturated heterocycles. The molecule has 1 aliphatic heterocycles. The summed E-state index contributed by atoms with van der Waals surface area (Å²) in [6, 6.07) is 9.24. The van der Waals surface area contributed by atoms with Crippen molar-refractivity contribution in [1.82, 2.24) is 9.97 Å². The van der Waals surface area contributed by atoms with Crippen molar-refractivity contribution in [3.8, 4) is 0 Å². The molecule has 0 aliphatic carbocycles. The van der Waals surface area contributed by atoms with E-state index in [0.29, 0.717) is 41.9 Å². The predicted octanol–water partition coefficient (Wildman–Crippen LogP) is 3.58. The zero-order chi connectivity index (χ0) is 15.7. The van der Waals surface area contributed by atoms with Crippen molar-refractivity contribution in [3.05, 3.63) is 51.9 Å². The van der Waals surface area contributed by atoms with Gasteiger partial charge in [0.05, 0.1) is 5.60 Å². The molecule has 1 aromatic heterocycles. The minimum atomic E-state index is -0.888. The van der Waals surface area contributed by atoms with Gasteiger partial charge in [-0.15, -0.1) is 0 Å². The molecular weight excluding hydrogens is 321 g/mol. The van der Waals surface area contributed by atoms with Crippen LogP contribution in [0.5, 0.6) is 0 Å². The minimum absolute atomic E-state index is 0.439. The fourth-order valence-electron chi connectivity index (χ4n) is 2.89. The summed E-state index contributed by atoms with van der Waals surface area (Å²) < 4.78 is 0. The van der Waals surface area contributed by atoms with E-state index in [1.165, 1.54) is 0 Å². The van der Waals surface area contributed by atoms with Crippen molar-refractivity contribution in [2.45, 2.75) is 25.4 Å². The first kappa shape index (κ1) is 15.5. The number of piperidine rings is 1. The number of anilines is 1. The number of aryl methyl sites for hydroxylation is 1. The van der Waals surface area contributed by atoms with Crippen LogP contribution in [-0.4, -0.2) is 28.2 Å². The van der Waals surface area contributed by atoms with Gasteiger partial charge in [0.25, 0.3) is 0 Å². The van der Waals surface area contributed by atoms with Gasteiger partial charge in [-0.2, -0.15) is 0 Å². The third-order valence-electron chi connectivity index (χ3n) is 4.08. The van der Waals surface area contributed by atoms with Gasteiger partial charge in [0, 0.05) is 29.7 Å². The van der Waals surface area contributed by atoms with Crippen LogP contribution >= 0.6 is 23.2 Å². The molecule has 1 fully saturated rings. The van der Waals surface area contributed by atoms with Gasteiger partial charge in [-0.1, -0.05) is 41.4 Å². The van der Waals surface area contributed by atoms with Crippen molar-refractivity contribution in [3.63, 3.8) is 0 Å². The van der Waals surface area contributed by atoms with Crippen LogP contribution in [-0.2, 0) is 5.60 Å². The van der Waals surface area contributed by atoms with Gasteiger partial charge >= 0.3 is 0 Å². The highest BCUT2D eigenvalue weighted by molar-refractivity contribution is 6.31.